The standard InChI is InChI=1S/C23H21F3N4O3/c1-29-22(32)20(19(14-27-29)33-18-6-4-5-16(13-18)23(24,25)26)28-17-9-7-15(8-10-17)21(31)30-11-2-3-12-30/h4-10,13-14,28H,2-3,11-12H2,1H3. The SMILES string of the molecule is Cn1ncc(Oc2cccc(C(F)(F)F)c2)c(Nc2ccc(C(=O)N3CCCC3)cc2)c1=O. The molecule has 1 aliphatic rings. The lowest BCUT2D eigenvalue weighted by Crippen LogP contribution is -2.27. The summed E-state index contributed by atoms with van der Waals surface area (Å²) >= 11 is 0. The van der Waals surface area contributed by atoms with E-state index in [1.165, 1.54) is 25.4 Å². The molecule has 172 valence electrons. The Morgan fingerprint density at radius 2 is 1.79 bits per heavy atom. The third-order valence-electron chi connectivity index (χ3n) is 5.29. The highest BCUT2D eigenvalue weighted by molar-refractivity contribution is 5.94. The van der Waals surface area contributed by atoms with Crippen LogP contribution in [0.2, 0.25) is 0 Å². The van der Waals surface area contributed by atoms with Gasteiger partial charge < -0.3 is 15.0 Å². The molecule has 10 heteroatoms. The zero-order valence-electron chi connectivity index (χ0n) is 17.7. The summed E-state index contributed by atoms with van der Waals surface area (Å²) in [7, 11) is 1.44. The topological polar surface area (TPSA) is 76.5 Å². The van der Waals surface area contributed by atoms with Crippen LogP contribution in [0.25, 0.3) is 0 Å². The van der Waals surface area contributed by atoms with Crippen LogP contribution < -0.4 is 15.6 Å². The summed E-state index contributed by atoms with van der Waals surface area (Å²) in [4.78, 5) is 27.0. The van der Waals surface area contributed by atoms with Crippen molar-refractivity contribution in [2.75, 3.05) is 18.4 Å². The minimum atomic E-state index is -4.53. The Kier molecular flexibility index (Phi) is 6.08. The van der Waals surface area contributed by atoms with Crippen molar-refractivity contribution >= 4 is 17.3 Å². The Bertz CT molecular complexity index is 1220. The Morgan fingerprint density at radius 3 is 2.45 bits per heavy atom. The number of benzene rings is 2. The number of aromatic nitrogens is 2. The summed E-state index contributed by atoms with van der Waals surface area (Å²) in [5.74, 6) is -0.170. The predicted molar refractivity (Wildman–Crippen MR) is 116 cm³/mol. The first-order chi connectivity index (χ1) is 15.7. The van der Waals surface area contributed by atoms with E-state index in [9.17, 15) is 22.8 Å². The zero-order valence-corrected chi connectivity index (χ0v) is 17.7. The number of alkyl halides is 3. The highest BCUT2D eigenvalue weighted by Crippen LogP contribution is 2.34. The van der Waals surface area contributed by atoms with Gasteiger partial charge in [0.15, 0.2) is 11.4 Å². The number of halogens is 3. The molecule has 0 unspecified atom stereocenters. The normalized spacial score (nSPS) is 13.8. The van der Waals surface area contributed by atoms with Crippen LogP contribution in [0.4, 0.5) is 24.5 Å². The van der Waals surface area contributed by atoms with Gasteiger partial charge in [-0.3, -0.25) is 9.59 Å². The molecule has 0 saturated carbocycles. The van der Waals surface area contributed by atoms with E-state index >= 15 is 0 Å². The van der Waals surface area contributed by atoms with Crippen LogP contribution in [0.15, 0.2) is 59.5 Å². The van der Waals surface area contributed by atoms with Gasteiger partial charge in [-0.05, 0) is 55.3 Å². The lowest BCUT2D eigenvalue weighted by atomic mass is 10.2. The van der Waals surface area contributed by atoms with E-state index in [4.69, 9.17) is 4.74 Å². The molecule has 0 atom stereocenters. The van der Waals surface area contributed by atoms with Gasteiger partial charge in [0.25, 0.3) is 11.5 Å². The molecule has 33 heavy (non-hydrogen) atoms. The number of carbonyl (C=O) groups excluding carboxylic acids is 1. The fourth-order valence-corrected chi connectivity index (χ4v) is 3.52. The van der Waals surface area contributed by atoms with Crippen LogP contribution in [0.1, 0.15) is 28.8 Å². The van der Waals surface area contributed by atoms with Crippen molar-refractivity contribution in [3.05, 3.63) is 76.2 Å². The van der Waals surface area contributed by atoms with Gasteiger partial charge in [-0.2, -0.15) is 18.3 Å². The van der Waals surface area contributed by atoms with Gasteiger partial charge in [0.2, 0.25) is 0 Å². The molecular weight excluding hydrogens is 437 g/mol. The molecule has 4 rings (SSSR count). The third kappa shape index (κ3) is 5.00. The fourth-order valence-electron chi connectivity index (χ4n) is 3.52. The summed E-state index contributed by atoms with van der Waals surface area (Å²) in [5, 5.41) is 6.83. The van der Waals surface area contributed by atoms with Gasteiger partial charge in [0.05, 0.1) is 11.8 Å². The number of anilines is 2. The maximum atomic E-state index is 13.0. The second-order valence-electron chi connectivity index (χ2n) is 7.64. The fraction of sp³-hybridized carbons (Fsp3) is 0.261. The Hall–Kier alpha value is -3.82. The monoisotopic (exact) mass is 458 g/mol. The highest BCUT2D eigenvalue weighted by Gasteiger charge is 2.30. The molecule has 1 fully saturated rings. The molecule has 2 heterocycles. The number of amides is 1. The van der Waals surface area contributed by atoms with E-state index in [2.05, 4.69) is 10.4 Å². The number of carbonyl (C=O) groups is 1. The number of aryl methyl sites for hydroxylation is 1. The van der Waals surface area contributed by atoms with E-state index in [-0.39, 0.29) is 23.1 Å². The van der Waals surface area contributed by atoms with Crippen molar-refractivity contribution in [1.29, 1.82) is 0 Å². The zero-order chi connectivity index (χ0) is 23.6. The first-order valence-corrected chi connectivity index (χ1v) is 10.3. The number of rotatable bonds is 5. The van der Waals surface area contributed by atoms with E-state index in [1.54, 1.807) is 29.2 Å². The number of hydrogen-bond donors (Lipinski definition) is 1. The van der Waals surface area contributed by atoms with E-state index in [1.807, 2.05) is 0 Å². The largest absolute Gasteiger partial charge is 0.453 e. The first-order valence-electron chi connectivity index (χ1n) is 10.3. The van der Waals surface area contributed by atoms with Gasteiger partial charge in [-0.1, -0.05) is 6.07 Å². The predicted octanol–water partition coefficient (Wildman–Crippen LogP) is 4.57. The van der Waals surface area contributed by atoms with Crippen molar-refractivity contribution in [2.24, 2.45) is 7.05 Å². The van der Waals surface area contributed by atoms with Crippen molar-refractivity contribution in [3.8, 4) is 11.5 Å². The maximum absolute atomic E-state index is 13.0. The number of nitrogens with one attached hydrogen (secondary N) is 1. The molecule has 1 amide bonds. The Morgan fingerprint density at radius 1 is 1.09 bits per heavy atom. The van der Waals surface area contributed by atoms with Gasteiger partial charge in [-0.15, -0.1) is 0 Å². The summed E-state index contributed by atoms with van der Waals surface area (Å²) in [5.41, 5.74) is -0.361. The molecule has 0 aliphatic carbocycles. The quantitative estimate of drug-likeness (QED) is 0.606. The molecule has 1 saturated heterocycles. The number of ether oxygens (including phenoxy) is 1. The van der Waals surface area contributed by atoms with Gasteiger partial charge in [0, 0.05) is 31.4 Å². The summed E-state index contributed by atoms with van der Waals surface area (Å²) < 4.78 is 45.7. The lowest BCUT2D eigenvalue weighted by molar-refractivity contribution is -0.137. The number of likely N-dealkylation sites (tertiary alicyclic amines) is 1. The Balaban J connectivity index is 1.59. The molecule has 1 aliphatic heterocycles. The van der Waals surface area contributed by atoms with E-state index in [0.29, 0.717) is 11.3 Å². The van der Waals surface area contributed by atoms with E-state index < -0.39 is 17.3 Å². The average molecular weight is 458 g/mol. The molecule has 0 spiro atoms. The van der Waals surface area contributed by atoms with E-state index in [0.717, 1.165) is 42.7 Å². The second kappa shape index (κ2) is 8.97. The molecule has 0 bridgehead atoms. The highest BCUT2D eigenvalue weighted by atomic mass is 19.4. The van der Waals surface area contributed by atoms with Crippen molar-refractivity contribution in [1.82, 2.24) is 14.7 Å². The maximum Gasteiger partial charge on any atom is 0.416 e. The lowest BCUT2D eigenvalue weighted by Gasteiger charge is -2.16. The molecule has 1 N–H and O–H groups in total. The molecule has 2 aromatic carbocycles. The second-order valence-corrected chi connectivity index (χ2v) is 7.64. The summed E-state index contributed by atoms with van der Waals surface area (Å²) in [6.45, 7) is 1.48. The molecule has 3 aromatic rings. The Labute approximate surface area is 187 Å². The molecule has 1 aromatic heterocycles. The van der Waals surface area contributed by atoms with Crippen molar-refractivity contribution in [3.63, 3.8) is 0 Å². The van der Waals surface area contributed by atoms with Gasteiger partial charge in [0.1, 0.15) is 5.75 Å². The minimum Gasteiger partial charge on any atom is -0.453 e. The summed E-state index contributed by atoms with van der Waals surface area (Å²) in [6, 6.07) is 11.0. The van der Waals surface area contributed by atoms with Crippen LogP contribution in [-0.4, -0.2) is 33.7 Å². The van der Waals surface area contributed by atoms with Crippen molar-refractivity contribution in [2.45, 2.75) is 19.0 Å². The molecular formula is C23H21F3N4O3. The third-order valence-corrected chi connectivity index (χ3v) is 5.29. The van der Waals surface area contributed by atoms with Crippen LogP contribution in [-0.2, 0) is 13.2 Å². The molecule has 7 nitrogen and oxygen atoms in total. The average Bonchev–Trinajstić information content (AvgIpc) is 3.33. The number of hydrogen-bond acceptors (Lipinski definition) is 5. The van der Waals surface area contributed by atoms with Crippen LogP contribution >= 0.6 is 0 Å². The minimum absolute atomic E-state index is 0.00327. The van der Waals surface area contributed by atoms with Gasteiger partial charge in [-0.25, -0.2) is 4.68 Å². The van der Waals surface area contributed by atoms with Crippen molar-refractivity contribution < 1.29 is 22.7 Å². The summed E-state index contributed by atoms with van der Waals surface area (Å²) in [6.07, 6.45) is -1.30. The molecule has 0 radical (unpaired) electrons. The number of nitrogens with zero attached hydrogens (tertiary/aromatic N) is 3. The van der Waals surface area contributed by atoms with Crippen LogP contribution in [0.3, 0.4) is 0 Å². The van der Waals surface area contributed by atoms with Crippen LogP contribution in [0.5, 0.6) is 11.5 Å². The van der Waals surface area contributed by atoms with Crippen LogP contribution in [0, 0.1) is 0 Å². The first kappa shape index (κ1) is 22.4. The smallest absolute Gasteiger partial charge is 0.416 e. The van der Waals surface area contributed by atoms with Gasteiger partial charge >= 0.3 is 6.18 Å².